The second-order valence-corrected chi connectivity index (χ2v) is 6.84. The van der Waals surface area contributed by atoms with Crippen LogP contribution in [0.4, 0.5) is 0 Å². The lowest BCUT2D eigenvalue weighted by Crippen LogP contribution is -2.06. The van der Waals surface area contributed by atoms with Gasteiger partial charge in [0, 0.05) is 6.42 Å². The number of hydrogen-bond acceptors (Lipinski definition) is 3. The molecule has 0 saturated heterocycles. The summed E-state index contributed by atoms with van der Waals surface area (Å²) in [5.41, 5.74) is -0.380. The highest BCUT2D eigenvalue weighted by atomic mass is 16.4. The minimum atomic E-state index is -1.23. The van der Waals surface area contributed by atoms with Crippen LogP contribution in [0.25, 0.3) is 0 Å². The fourth-order valence-electron chi connectivity index (χ4n) is 2.80. The van der Waals surface area contributed by atoms with Gasteiger partial charge in [-0.25, -0.2) is 9.59 Å². The molecule has 0 fully saturated rings. The van der Waals surface area contributed by atoms with Crippen LogP contribution in [0.1, 0.15) is 105 Å². The Morgan fingerprint density at radius 1 is 0.643 bits per heavy atom. The highest BCUT2D eigenvalue weighted by Crippen LogP contribution is 2.11. The Hall–Kier alpha value is -2.37. The van der Waals surface area contributed by atoms with E-state index in [4.69, 9.17) is 15.3 Å². The first kappa shape index (κ1) is 25.6. The Balaban J connectivity index is 0.000000540. The van der Waals surface area contributed by atoms with Crippen LogP contribution in [0, 0.1) is 0 Å². The quantitative estimate of drug-likeness (QED) is 0.341. The van der Waals surface area contributed by atoms with Crippen molar-refractivity contribution in [2.45, 2.75) is 84.0 Å². The zero-order valence-corrected chi connectivity index (χ0v) is 16.9. The number of aromatic carboxylic acids is 2. The number of rotatable bonds is 14. The highest BCUT2D eigenvalue weighted by Gasteiger charge is 2.13. The van der Waals surface area contributed by atoms with Gasteiger partial charge in [-0.1, -0.05) is 83.3 Å². The molecule has 0 aliphatic rings. The molecule has 3 N–H and O–H groups in total. The standard InChI is InChI=1S/C14H28O2.C8H6O4/c1-2-3-4-5-6-7-8-9-10-11-12-13-14(15)16;9-7(10)5-3-1-2-4-6(5)8(11)12/h2-13H2,1H3,(H,15,16);1-4H,(H,9,10)(H,11,12). The molecule has 0 amide bonds. The maximum absolute atomic E-state index is 10.5. The molecule has 28 heavy (non-hydrogen) atoms. The molecule has 6 nitrogen and oxygen atoms in total. The number of unbranched alkanes of at least 4 members (excludes halogenated alkanes) is 10. The fourth-order valence-corrected chi connectivity index (χ4v) is 2.80. The van der Waals surface area contributed by atoms with Gasteiger partial charge in [0.15, 0.2) is 0 Å². The van der Waals surface area contributed by atoms with Crippen molar-refractivity contribution in [2.24, 2.45) is 0 Å². The van der Waals surface area contributed by atoms with Crippen molar-refractivity contribution < 1.29 is 29.7 Å². The van der Waals surface area contributed by atoms with Crippen LogP contribution < -0.4 is 0 Å². The highest BCUT2D eigenvalue weighted by molar-refractivity contribution is 6.01. The molecule has 0 atom stereocenters. The lowest BCUT2D eigenvalue weighted by molar-refractivity contribution is -0.137. The molecule has 1 aromatic carbocycles. The van der Waals surface area contributed by atoms with Gasteiger partial charge in [0.05, 0.1) is 11.1 Å². The second-order valence-electron chi connectivity index (χ2n) is 6.84. The van der Waals surface area contributed by atoms with E-state index in [0.29, 0.717) is 6.42 Å². The molecular formula is C22H34O6. The molecule has 6 heteroatoms. The molecule has 0 radical (unpaired) electrons. The number of carboxylic acids is 3. The molecule has 1 aromatic rings. The van der Waals surface area contributed by atoms with Crippen LogP contribution in [-0.2, 0) is 4.79 Å². The number of carbonyl (C=O) groups is 3. The summed E-state index contributed by atoms with van der Waals surface area (Å²) in [5, 5.41) is 25.6. The SMILES string of the molecule is CCCCCCCCCCCCCC(=O)O.O=C(O)c1ccccc1C(=O)O. The molecule has 0 spiro atoms. The summed E-state index contributed by atoms with van der Waals surface area (Å²) in [6.45, 7) is 2.25. The van der Waals surface area contributed by atoms with E-state index in [1.807, 2.05) is 0 Å². The van der Waals surface area contributed by atoms with Crippen molar-refractivity contribution in [3.63, 3.8) is 0 Å². The van der Waals surface area contributed by atoms with Gasteiger partial charge < -0.3 is 15.3 Å². The summed E-state index contributed by atoms with van der Waals surface area (Å²) < 4.78 is 0. The predicted octanol–water partition coefficient (Wildman–Crippen LogP) is 5.86. The lowest BCUT2D eigenvalue weighted by Gasteiger charge is -2.01. The molecule has 158 valence electrons. The maximum atomic E-state index is 10.5. The third kappa shape index (κ3) is 13.8. The van der Waals surface area contributed by atoms with Crippen LogP contribution in [-0.4, -0.2) is 33.2 Å². The van der Waals surface area contributed by atoms with E-state index in [9.17, 15) is 14.4 Å². The van der Waals surface area contributed by atoms with Gasteiger partial charge in [0.1, 0.15) is 0 Å². The van der Waals surface area contributed by atoms with Gasteiger partial charge in [-0.2, -0.15) is 0 Å². The number of carboxylic acid groups (broad SMARTS) is 3. The van der Waals surface area contributed by atoms with Gasteiger partial charge >= 0.3 is 17.9 Å². The first-order chi connectivity index (χ1) is 13.4. The molecule has 0 unspecified atom stereocenters. The minimum absolute atomic E-state index is 0.190. The zero-order chi connectivity index (χ0) is 21.2. The molecule has 1 rings (SSSR count). The first-order valence-corrected chi connectivity index (χ1v) is 10.2. The van der Waals surface area contributed by atoms with Crippen molar-refractivity contribution in [3.05, 3.63) is 35.4 Å². The van der Waals surface area contributed by atoms with Gasteiger partial charge in [-0.05, 0) is 18.6 Å². The van der Waals surface area contributed by atoms with Crippen LogP contribution in [0.15, 0.2) is 24.3 Å². The Labute approximate surface area is 167 Å². The van der Waals surface area contributed by atoms with E-state index < -0.39 is 17.9 Å². The van der Waals surface area contributed by atoms with Gasteiger partial charge in [-0.15, -0.1) is 0 Å². The summed E-state index contributed by atoms with van der Waals surface area (Å²) in [7, 11) is 0. The molecule has 0 bridgehead atoms. The summed E-state index contributed by atoms with van der Waals surface area (Å²) in [6.07, 6.45) is 14.4. The lowest BCUT2D eigenvalue weighted by atomic mass is 10.1. The Bertz CT molecular complexity index is 549. The second kappa shape index (κ2) is 16.8. The van der Waals surface area contributed by atoms with E-state index in [1.54, 1.807) is 0 Å². The van der Waals surface area contributed by atoms with E-state index in [2.05, 4.69) is 6.92 Å². The Morgan fingerprint density at radius 3 is 1.32 bits per heavy atom. The molecule has 0 aliphatic carbocycles. The minimum Gasteiger partial charge on any atom is -0.481 e. The third-order valence-corrected chi connectivity index (χ3v) is 4.38. The normalized spacial score (nSPS) is 10.0. The van der Waals surface area contributed by atoms with Gasteiger partial charge in [-0.3, -0.25) is 4.79 Å². The third-order valence-electron chi connectivity index (χ3n) is 4.38. The topological polar surface area (TPSA) is 112 Å². The van der Waals surface area contributed by atoms with Gasteiger partial charge in [0.25, 0.3) is 0 Å². The largest absolute Gasteiger partial charge is 0.481 e. The van der Waals surface area contributed by atoms with E-state index in [0.717, 1.165) is 12.8 Å². The molecule has 0 heterocycles. The Morgan fingerprint density at radius 2 is 1.00 bits per heavy atom. The predicted molar refractivity (Wildman–Crippen MR) is 109 cm³/mol. The Kier molecular flexibility index (Phi) is 15.4. The number of aliphatic carboxylic acids is 1. The maximum Gasteiger partial charge on any atom is 0.336 e. The zero-order valence-electron chi connectivity index (χ0n) is 16.9. The molecule has 0 saturated carbocycles. The van der Waals surface area contributed by atoms with Crippen LogP contribution >= 0.6 is 0 Å². The average Bonchev–Trinajstić information content (AvgIpc) is 2.66. The monoisotopic (exact) mass is 394 g/mol. The van der Waals surface area contributed by atoms with Crippen molar-refractivity contribution in [2.75, 3.05) is 0 Å². The van der Waals surface area contributed by atoms with Crippen molar-refractivity contribution in [3.8, 4) is 0 Å². The summed E-state index contributed by atoms with van der Waals surface area (Å²) in [6, 6.07) is 5.48. The average molecular weight is 395 g/mol. The summed E-state index contributed by atoms with van der Waals surface area (Å²) in [4.78, 5) is 31.2. The van der Waals surface area contributed by atoms with Crippen molar-refractivity contribution in [1.29, 1.82) is 0 Å². The van der Waals surface area contributed by atoms with Gasteiger partial charge in [0.2, 0.25) is 0 Å². The fraction of sp³-hybridized carbons (Fsp3) is 0.591. The van der Waals surface area contributed by atoms with Crippen LogP contribution in [0.5, 0.6) is 0 Å². The van der Waals surface area contributed by atoms with Crippen molar-refractivity contribution >= 4 is 17.9 Å². The number of hydrogen-bond donors (Lipinski definition) is 3. The van der Waals surface area contributed by atoms with E-state index in [-0.39, 0.29) is 11.1 Å². The number of benzene rings is 1. The molecule has 0 aromatic heterocycles. The van der Waals surface area contributed by atoms with Crippen LogP contribution in [0.2, 0.25) is 0 Å². The molecular weight excluding hydrogens is 360 g/mol. The van der Waals surface area contributed by atoms with E-state index >= 15 is 0 Å². The van der Waals surface area contributed by atoms with Crippen molar-refractivity contribution in [1.82, 2.24) is 0 Å². The molecule has 0 aliphatic heterocycles. The summed E-state index contributed by atoms with van der Waals surface area (Å²) in [5.74, 6) is -3.11. The summed E-state index contributed by atoms with van der Waals surface area (Å²) >= 11 is 0. The van der Waals surface area contributed by atoms with E-state index in [1.165, 1.54) is 82.1 Å². The first-order valence-electron chi connectivity index (χ1n) is 10.2. The smallest absolute Gasteiger partial charge is 0.336 e. The van der Waals surface area contributed by atoms with Crippen LogP contribution in [0.3, 0.4) is 0 Å².